The molecule has 0 atom stereocenters. The van der Waals surface area contributed by atoms with Crippen LogP contribution >= 0.6 is 0 Å². The molecule has 0 aliphatic rings. The van der Waals surface area contributed by atoms with Crippen LogP contribution in [0.5, 0.6) is 0 Å². The second-order valence-electron chi connectivity index (χ2n) is 10.1. The van der Waals surface area contributed by atoms with Gasteiger partial charge in [-0.15, -0.1) is 0 Å². The molecule has 0 radical (unpaired) electrons. The first-order valence-corrected chi connectivity index (χ1v) is 14.0. The lowest BCUT2D eigenvalue weighted by Gasteiger charge is -2.12. The number of benzene rings is 5. The Kier molecular flexibility index (Phi) is 6.89. The van der Waals surface area contributed by atoms with Crippen LogP contribution < -0.4 is 0 Å². The fourth-order valence-corrected chi connectivity index (χ4v) is 5.17. The summed E-state index contributed by atoms with van der Waals surface area (Å²) in [5.41, 5.74) is 11.5. The molecule has 7 aromatic rings. The second-order valence-corrected chi connectivity index (χ2v) is 10.1. The Morgan fingerprint density at radius 1 is 0.286 bits per heavy atom. The molecular weight excluding hydrogens is 510 g/mol. The average Bonchev–Trinajstić information content (AvgIpc) is 3.09. The Bertz CT molecular complexity index is 1850. The van der Waals surface area contributed by atoms with Gasteiger partial charge in [-0.2, -0.15) is 0 Å². The van der Waals surface area contributed by atoms with Gasteiger partial charge in [-0.3, -0.25) is 4.98 Å². The molecule has 0 spiro atoms. The summed E-state index contributed by atoms with van der Waals surface area (Å²) in [4.78, 5) is 14.7. The van der Waals surface area contributed by atoms with Crippen LogP contribution in [0.25, 0.3) is 67.4 Å². The smallest absolute Gasteiger partial charge is 0.160 e. The van der Waals surface area contributed by atoms with Crippen LogP contribution in [0.1, 0.15) is 0 Å². The minimum absolute atomic E-state index is 0.685. The van der Waals surface area contributed by atoms with Gasteiger partial charge in [0.1, 0.15) is 0 Å². The van der Waals surface area contributed by atoms with Crippen molar-refractivity contribution in [1.29, 1.82) is 0 Å². The van der Waals surface area contributed by atoms with E-state index in [9.17, 15) is 0 Å². The fourth-order valence-electron chi connectivity index (χ4n) is 5.17. The third kappa shape index (κ3) is 5.36. The Labute approximate surface area is 245 Å². The van der Waals surface area contributed by atoms with Crippen molar-refractivity contribution in [2.45, 2.75) is 0 Å². The molecular formula is C39H27N3. The second kappa shape index (κ2) is 11.4. The molecule has 0 aliphatic carbocycles. The Hall–Kier alpha value is -5.67. The summed E-state index contributed by atoms with van der Waals surface area (Å²) in [5.74, 6) is 0.685. The molecule has 2 heterocycles. The molecule has 0 saturated heterocycles. The van der Waals surface area contributed by atoms with Gasteiger partial charge in [-0.25, -0.2) is 9.97 Å². The van der Waals surface area contributed by atoms with Crippen molar-refractivity contribution in [3.8, 4) is 67.4 Å². The third-order valence-electron chi connectivity index (χ3n) is 7.36. The summed E-state index contributed by atoms with van der Waals surface area (Å²) in [5, 5.41) is 0. The number of pyridine rings is 1. The molecule has 3 heteroatoms. The first-order chi connectivity index (χ1) is 20.8. The highest BCUT2D eigenvalue weighted by Crippen LogP contribution is 2.32. The number of nitrogens with zero attached hydrogens (tertiary/aromatic N) is 3. The average molecular weight is 538 g/mol. The summed E-state index contributed by atoms with van der Waals surface area (Å²) in [7, 11) is 0. The van der Waals surface area contributed by atoms with Crippen LogP contribution in [0.2, 0.25) is 0 Å². The summed E-state index contributed by atoms with van der Waals surface area (Å²) >= 11 is 0. The van der Waals surface area contributed by atoms with Gasteiger partial charge in [0.15, 0.2) is 5.82 Å². The lowest BCUT2D eigenvalue weighted by molar-refractivity contribution is 1.18. The lowest BCUT2D eigenvalue weighted by Crippen LogP contribution is -1.96. The molecule has 0 N–H and O–H groups in total. The fraction of sp³-hybridized carbons (Fsp3) is 0. The van der Waals surface area contributed by atoms with E-state index in [1.165, 1.54) is 11.1 Å². The molecule has 5 aromatic carbocycles. The van der Waals surface area contributed by atoms with E-state index in [1.807, 2.05) is 36.5 Å². The van der Waals surface area contributed by atoms with E-state index in [2.05, 4.69) is 132 Å². The van der Waals surface area contributed by atoms with Crippen LogP contribution in [0.4, 0.5) is 0 Å². The normalized spacial score (nSPS) is 10.9. The Balaban J connectivity index is 1.35. The van der Waals surface area contributed by atoms with Crippen LogP contribution in [0.15, 0.2) is 164 Å². The molecule has 198 valence electrons. The largest absolute Gasteiger partial charge is 0.256 e. The number of aromatic nitrogens is 3. The number of rotatable bonds is 6. The topological polar surface area (TPSA) is 38.7 Å². The first kappa shape index (κ1) is 25.3. The van der Waals surface area contributed by atoms with Gasteiger partial charge in [0, 0.05) is 28.5 Å². The van der Waals surface area contributed by atoms with Crippen LogP contribution in [0.3, 0.4) is 0 Å². The van der Waals surface area contributed by atoms with Crippen LogP contribution in [-0.4, -0.2) is 15.0 Å². The maximum atomic E-state index is 5.09. The van der Waals surface area contributed by atoms with E-state index in [4.69, 9.17) is 9.97 Å². The highest BCUT2D eigenvalue weighted by Gasteiger charge is 2.13. The Morgan fingerprint density at radius 3 is 1.29 bits per heavy atom. The summed E-state index contributed by atoms with van der Waals surface area (Å²) in [6, 6.07) is 54.4. The monoisotopic (exact) mass is 537 g/mol. The molecule has 0 saturated carbocycles. The zero-order valence-electron chi connectivity index (χ0n) is 22.9. The molecule has 2 aromatic heterocycles. The standard InChI is InChI=1S/C39H27N3/c1-3-11-28(12-4-1)32-15-9-17-34(25-32)37-27-38(35-18-10-16-33(26-35)29-13-5-2-6-14-29)42-39(41-37)31-22-20-30(21-23-31)36-19-7-8-24-40-36/h1-27H. The molecule has 0 bridgehead atoms. The molecule has 0 amide bonds. The highest BCUT2D eigenvalue weighted by atomic mass is 14.9. The maximum Gasteiger partial charge on any atom is 0.160 e. The van der Waals surface area contributed by atoms with Gasteiger partial charge in [0.2, 0.25) is 0 Å². The van der Waals surface area contributed by atoms with E-state index in [-0.39, 0.29) is 0 Å². The van der Waals surface area contributed by atoms with Crippen LogP contribution in [0, 0.1) is 0 Å². The van der Waals surface area contributed by atoms with E-state index >= 15 is 0 Å². The van der Waals surface area contributed by atoms with Gasteiger partial charge >= 0.3 is 0 Å². The SMILES string of the molecule is c1ccc(-c2cccc(-c3cc(-c4cccc(-c5ccccc5)c4)nc(-c4ccc(-c5ccccn5)cc4)n3)c2)cc1. The Morgan fingerprint density at radius 2 is 0.762 bits per heavy atom. The predicted molar refractivity (Wildman–Crippen MR) is 172 cm³/mol. The van der Waals surface area contributed by atoms with Crippen molar-refractivity contribution in [3.05, 3.63) is 164 Å². The predicted octanol–water partition coefficient (Wildman–Crippen LogP) is 9.87. The minimum Gasteiger partial charge on any atom is -0.256 e. The van der Waals surface area contributed by atoms with E-state index < -0.39 is 0 Å². The zero-order chi connectivity index (χ0) is 28.1. The van der Waals surface area contributed by atoms with Crippen molar-refractivity contribution in [2.24, 2.45) is 0 Å². The van der Waals surface area contributed by atoms with Gasteiger partial charge in [0.25, 0.3) is 0 Å². The van der Waals surface area contributed by atoms with Gasteiger partial charge in [-0.1, -0.05) is 127 Å². The summed E-state index contributed by atoms with van der Waals surface area (Å²) in [6.07, 6.45) is 1.81. The minimum atomic E-state index is 0.685. The molecule has 0 fully saturated rings. The van der Waals surface area contributed by atoms with Crippen molar-refractivity contribution in [1.82, 2.24) is 15.0 Å². The van der Waals surface area contributed by atoms with Gasteiger partial charge in [-0.05, 0) is 52.6 Å². The lowest BCUT2D eigenvalue weighted by atomic mass is 9.99. The number of hydrogen-bond acceptors (Lipinski definition) is 3. The maximum absolute atomic E-state index is 5.09. The highest BCUT2D eigenvalue weighted by molar-refractivity contribution is 5.78. The van der Waals surface area contributed by atoms with Crippen molar-refractivity contribution >= 4 is 0 Å². The van der Waals surface area contributed by atoms with Gasteiger partial charge < -0.3 is 0 Å². The van der Waals surface area contributed by atoms with Crippen LogP contribution in [-0.2, 0) is 0 Å². The quantitative estimate of drug-likeness (QED) is 0.212. The molecule has 7 rings (SSSR count). The number of hydrogen-bond donors (Lipinski definition) is 0. The van der Waals surface area contributed by atoms with Gasteiger partial charge in [0.05, 0.1) is 17.1 Å². The van der Waals surface area contributed by atoms with E-state index in [1.54, 1.807) is 0 Å². The van der Waals surface area contributed by atoms with Crippen molar-refractivity contribution in [3.63, 3.8) is 0 Å². The van der Waals surface area contributed by atoms with E-state index in [0.717, 1.165) is 50.5 Å². The van der Waals surface area contributed by atoms with E-state index in [0.29, 0.717) is 5.82 Å². The molecule has 0 unspecified atom stereocenters. The first-order valence-electron chi connectivity index (χ1n) is 14.0. The molecule has 42 heavy (non-hydrogen) atoms. The summed E-state index contributed by atoms with van der Waals surface area (Å²) < 4.78 is 0. The molecule has 0 aliphatic heterocycles. The summed E-state index contributed by atoms with van der Waals surface area (Å²) in [6.45, 7) is 0. The van der Waals surface area contributed by atoms with Crippen molar-refractivity contribution in [2.75, 3.05) is 0 Å². The molecule has 3 nitrogen and oxygen atoms in total. The third-order valence-corrected chi connectivity index (χ3v) is 7.36. The zero-order valence-corrected chi connectivity index (χ0v) is 22.9. The van der Waals surface area contributed by atoms with Crippen molar-refractivity contribution < 1.29 is 0 Å².